The third-order valence-corrected chi connectivity index (χ3v) is 5.16. The lowest BCUT2D eigenvalue weighted by atomic mass is 9.71. The van der Waals surface area contributed by atoms with E-state index < -0.39 is 0 Å². The molecule has 114 valence electrons. The Morgan fingerprint density at radius 3 is 2.57 bits per heavy atom. The van der Waals surface area contributed by atoms with Gasteiger partial charge < -0.3 is 9.73 Å². The highest BCUT2D eigenvalue weighted by Crippen LogP contribution is 2.43. The average molecular weight is 285 g/mol. The molecule has 2 heteroatoms. The summed E-state index contributed by atoms with van der Waals surface area (Å²) in [6.07, 6.45) is 5.20. The molecule has 1 aliphatic rings. The van der Waals surface area contributed by atoms with Gasteiger partial charge in [-0.1, -0.05) is 25.5 Å². The Hall–Kier alpha value is -1.28. The summed E-state index contributed by atoms with van der Waals surface area (Å²) in [7, 11) is 2.06. The van der Waals surface area contributed by atoms with E-state index in [1.54, 1.807) is 0 Å². The first kappa shape index (κ1) is 14.6. The molecule has 1 aromatic heterocycles. The van der Waals surface area contributed by atoms with Crippen molar-refractivity contribution in [2.75, 3.05) is 7.05 Å². The van der Waals surface area contributed by atoms with Crippen molar-refractivity contribution in [2.24, 2.45) is 11.3 Å². The zero-order chi connectivity index (χ0) is 15.0. The van der Waals surface area contributed by atoms with Crippen molar-refractivity contribution < 1.29 is 4.42 Å². The first-order valence-corrected chi connectivity index (χ1v) is 8.16. The van der Waals surface area contributed by atoms with E-state index in [1.165, 1.54) is 36.6 Å². The molecule has 1 aromatic carbocycles. The van der Waals surface area contributed by atoms with Crippen LogP contribution in [0.4, 0.5) is 0 Å². The smallest absolute Gasteiger partial charge is 0.134 e. The molecule has 1 unspecified atom stereocenters. The number of nitrogens with one attached hydrogen (secondary N) is 1. The van der Waals surface area contributed by atoms with Crippen molar-refractivity contribution in [1.82, 2.24) is 5.32 Å². The topological polar surface area (TPSA) is 25.2 Å². The average Bonchev–Trinajstić information content (AvgIpc) is 2.84. The van der Waals surface area contributed by atoms with Crippen LogP contribution in [0.2, 0.25) is 0 Å². The molecule has 1 saturated carbocycles. The fraction of sp³-hybridized carbons (Fsp3) is 0.579. The molecule has 0 bridgehead atoms. The van der Waals surface area contributed by atoms with Gasteiger partial charge in [-0.2, -0.15) is 0 Å². The van der Waals surface area contributed by atoms with Gasteiger partial charge >= 0.3 is 0 Å². The maximum absolute atomic E-state index is 6.12. The lowest BCUT2D eigenvalue weighted by molar-refractivity contribution is 0.156. The zero-order valence-electron chi connectivity index (χ0n) is 13.7. The highest BCUT2D eigenvalue weighted by molar-refractivity contribution is 5.78. The Morgan fingerprint density at radius 2 is 1.90 bits per heavy atom. The molecular weight excluding hydrogens is 258 g/mol. The predicted molar refractivity (Wildman–Crippen MR) is 88.5 cm³/mol. The van der Waals surface area contributed by atoms with Crippen molar-refractivity contribution in [2.45, 2.75) is 52.5 Å². The molecule has 0 spiro atoms. The summed E-state index contributed by atoms with van der Waals surface area (Å²) in [5.74, 6) is 1.78. The molecule has 3 rings (SSSR count). The van der Waals surface area contributed by atoms with Crippen LogP contribution in [0.3, 0.4) is 0 Å². The standard InChI is InChI=1S/C19H27NO/c1-13-5-6-16-15(11-13)12-17(21-16)18(20-4)14-7-9-19(2,3)10-8-14/h5-6,11-12,14,18,20H,7-10H2,1-4H3. The van der Waals surface area contributed by atoms with Crippen LogP contribution in [0, 0.1) is 18.3 Å². The molecule has 1 atom stereocenters. The predicted octanol–water partition coefficient (Wildman–Crippen LogP) is 5.22. The Bertz CT molecular complexity index is 616. The lowest BCUT2D eigenvalue weighted by Gasteiger charge is -2.37. The molecule has 1 N–H and O–H groups in total. The number of rotatable bonds is 3. The molecule has 1 heterocycles. The summed E-state index contributed by atoms with van der Waals surface area (Å²) in [4.78, 5) is 0. The monoisotopic (exact) mass is 285 g/mol. The minimum Gasteiger partial charge on any atom is -0.459 e. The van der Waals surface area contributed by atoms with Crippen LogP contribution in [0.1, 0.15) is 56.9 Å². The first-order valence-electron chi connectivity index (χ1n) is 8.16. The molecule has 21 heavy (non-hydrogen) atoms. The van der Waals surface area contributed by atoms with Crippen LogP contribution in [0.5, 0.6) is 0 Å². The maximum atomic E-state index is 6.12. The van der Waals surface area contributed by atoms with Crippen LogP contribution < -0.4 is 5.32 Å². The Labute approximate surface area is 127 Å². The van der Waals surface area contributed by atoms with E-state index in [0.717, 1.165) is 11.3 Å². The van der Waals surface area contributed by atoms with Gasteiger partial charge in [0, 0.05) is 5.39 Å². The number of fused-ring (bicyclic) bond motifs is 1. The van der Waals surface area contributed by atoms with Crippen LogP contribution in [0.25, 0.3) is 11.0 Å². The number of furan rings is 1. The third-order valence-electron chi connectivity index (χ3n) is 5.16. The minimum atomic E-state index is 0.341. The molecular formula is C19H27NO. The minimum absolute atomic E-state index is 0.341. The SMILES string of the molecule is CNC(c1cc2cc(C)ccc2o1)C1CCC(C)(C)CC1. The van der Waals surface area contributed by atoms with Crippen molar-refractivity contribution in [3.8, 4) is 0 Å². The van der Waals surface area contributed by atoms with Crippen molar-refractivity contribution in [3.63, 3.8) is 0 Å². The van der Waals surface area contributed by atoms with E-state index >= 15 is 0 Å². The summed E-state index contributed by atoms with van der Waals surface area (Å²) < 4.78 is 6.12. The van der Waals surface area contributed by atoms with Gasteiger partial charge in [0.1, 0.15) is 11.3 Å². The maximum Gasteiger partial charge on any atom is 0.134 e. The zero-order valence-corrected chi connectivity index (χ0v) is 13.7. The summed E-state index contributed by atoms with van der Waals surface area (Å²) >= 11 is 0. The normalized spacial score (nSPS) is 20.8. The van der Waals surface area contributed by atoms with E-state index in [1.807, 2.05) is 0 Å². The second-order valence-corrected chi connectivity index (χ2v) is 7.46. The number of aryl methyl sites for hydroxylation is 1. The van der Waals surface area contributed by atoms with Gasteiger partial charge in [-0.05, 0) is 69.2 Å². The largest absolute Gasteiger partial charge is 0.459 e. The molecule has 0 radical (unpaired) electrons. The van der Waals surface area contributed by atoms with Crippen LogP contribution in [0.15, 0.2) is 28.7 Å². The van der Waals surface area contributed by atoms with Gasteiger partial charge in [0.2, 0.25) is 0 Å². The fourth-order valence-electron chi connectivity index (χ4n) is 3.70. The number of hydrogen-bond acceptors (Lipinski definition) is 2. The summed E-state index contributed by atoms with van der Waals surface area (Å²) in [6, 6.07) is 8.98. The summed E-state index contributed by atoms with van der Waals surface area (Å²) in [6.45, 7) is 6.91. The van der Waals surface area contributed by atoms with E-state index in [9.17, 15) is 0 Å². The van der Waals surface area contributed by atoms with Gasteiger partial charge in [0.25, 0.3) is 0 Å². The van der Waals surface area contributed by atoms with Crippen LogP contribution in [-0.4, -0.2) is 7.05 Å². The second kappa shape index (κ2) is 5.49. The molecule has 0 aliphatic heterocycles. The van der Waals surface area contributed by atoms with Crippen LogP contribution in [-0.2, 0) is 0 Å². The molecule has 1 aliphatic carbocycles. The molecule has 0 saturated heterocycles. The van der Waals surface area contributed by atoms with Gasteiger partial charge in [0.15, 0.2) is 0 Å². The second-order valence-electron chi connectivity index (χ2n) is 7.46. The van der Waals surface area contributed by atoms with Crippen molar-refractivity contribution >= 4 is 11.0 Å². The van der Waals surface area contributed by atoms with Crippen molar-refractivity contribution in [3.05, 3.63) is 35.6 Å². The fourth-order valence-corrected chi connectivity index (χ4v) is 3.70. The van der Waals surface area contributed by atoms with Crippen LogP contribution >= 0.6 is 0 Å². The Morgan fingerprint density at radius 1 is 1.19 bits per heavy atom. The highest BCUT2D eigenvalue weighted by atomic mass is 16.3. The van der Waals surface area contributed by atoms with E-state index in [4.69, 9.17) is 4.42 Å². The first-order chi connectivity index (χ1) is 9.98. The van der Waals surface area contributed by atoms with Crippen molar-refractivity contribution in [1.29, 1.82) is 0 Å². The third kappa shape index (κ3) is 3.01. The highest BCUT2D eigenvalue weighted by Gasteiger charge is 2.32. The van der Waals surface area contributed by atoms with Gasteiger partial charge in [-0.25, -0.2) is 0 Å². The van der Waals surface area contributed by atoms with Gasteiger partial charge in [-0.15, -0.1) is 0 Å². The van der Waals surface area contributed by atoms with E-state index in [0.29, 0.717) is 17.4 Å². The Kier molecular flexibility index (Phi) is 3.83. The molecule has 2 nitrogen and oxygen atoms in total. The number of hydrogen-bond donors (Lipinski definition) is 1. The van der Waals surface area contributed by atoms with E-state index in [2.05, 4.69) is 57.4 Å². The van der Waals surface area contributed by atoms with Gasteiger partial charge in [0.05, 0.1) is 6.04 Å². The summed E-state index contributed by atoms with van der Waals surface area (Å²) in [5.41, 5.74) is 2.81. The Balaban J connectivity index is 1.84. The molecule has 2 aromatic rings. The number of benzene rings is 1. The van der Waals surface area contributed by atoms with Gasteiger partial charge in [-0.3, -0.25) is 0 Å². The molecule has 1 fully saturated rings. The molecule has 0 amide bonds. The quantitative estimate of drug-likeness (QED) is 0.836. The van der Waals surface area contributed by atoms with E-state index in [-0.39, 0.29) is 0 Å². The lowest BCUT2D eigenvalue weighted by Crippen LogP contribution is -2.30. The summed E-state index contributed by atoms with van der Waals surface area (Å²) in [5, 5.41) is 4.72.